The van der Waals surface area contributed by atoms with Crippen LogP contribution in [0.2, 0.25) is 0 Å². The summed E-state index contributed by atoms with van der Waals surface area (Å²) < 4.78 is 0. The number of nitro groups is 1. The second-order valence-electron chi connectivity index (χ2n) is 5.57. The first-order chi connectivity index (χ1) is 11.9. The van der Waals surface area contributed by atoms with Crippen LogP contribution in [0.25, 0.3) is 0 Å². The number of hydrazine groups is 1. The number of benzene rings is 2. The van der Waals surface area contributed by atoms with Gasteiger partial charge in [-0.1, -0.05) is 17.7 Å². The maximum Gasteiger partial charge on any atom is 0.269 e. The normalized spacial score (nSPS) is 11.6. The third-order valence-electron chi connectivity index (χ3n) is 3.64. The van der Waals surface area contributed by atoms with Crippen LogP contribution in [-0.4, -0.2) is 22.6 Å². The van der Waals surface area contributed by atoms with E-state index in [-0.39, 0.29) is 16.8 Å². The topological polar surface area (TPSA) is 75.5 Å². The van der Waals surface area contributed by atoms with E-state index in [1.165, 1.54) is 23.9 Å². The second-order valence-corrected chi connectivity index (χ2v) is 6.98. The van der Waals surface area contributed by atoms with E-state index < -0.39 is 4.92 Å². The van der Waals surface area contributed by atoms with Crippen LogP contribution in [0.15, 0.2) is 53.4 Å². The molecule has 0 aliphatic carbocycles. The zero-order valence-electron chi connectivity index (χ0n) is 14.4. The number of rotatable bonds is 7. The van der Waals surface area contributed by atoms with Crippen molar-refractivity contribution in [2.45, 2.75) is 30.9 Å². The molecule has 2 aromatic rings. The summed E-state index contributed by atoms with van der Waals surface area (Å²) >= 11 is 1.36. The number of carbonyl (C=O) groups excluding carboxylic acids is 1. The number of anilines is 1. The van der Waals surface area contributed by atoms with E-state index in [0.29, 0.717) is 6.54 Å². The molecule has 0 fully saturated rings. The predicted molar refractivity (Wildman–Crippen MR) is 101 cm³/mol. The summed E-state index contributed by atoms with van der Waals surface area (Å²) in [7, 11) is 0. The van der Waals surface area contributed by atoms with Gasteiger partial charge in [-0.3, -0.25) is 25.3 Å². The van der Waals surface area contributed by atoms with Crippen LogP contribution in [0.3, 0.4) is 0 Å². The van der Waals surface area contributed by atoms with Crippen LogP contribution in [-0.2, 0) is 4.79 Å². The quantitative estimate of drug-likeness (QED) is 0.460. The highest BCUT2D eigenvalue weighted by molar-refractivity contribution is 8.00. The van der Waals surface area contributed by atoms with Crippen molar-refractivity contribution in [1.29, 1.82) is 0 Å². The van der Waals surface area contributed by atoms with E-state index in [2.05, 4.69) is 5.43 Å². The Balaban J connectivity index is 1.98. The van der Waals surface area contributed by atoms with Gasteiger partial charge in [0, 0.05) is 23.6 Å². The van der Waals surface area contributed by atoms with Crippen LogP contribution in [0, 0.1) is 17.0 Å². The summed E-state index contributed by atoms with van der Waals surface area (Å²) in [4.78, 5) is 23.5. The molecule has 2 rings (SSSR count). The molecule has 0 unspecified atom stereocenters. The number of nitrogens with one attached hydrogen (secondary N) is 1. The molecule has 0 aliphatic heterocycles. The molecule has 1 amide bonds. The molecule has 0 saturated carbocycles. The molecular formula is C18H21N3O3S. The van der Waals surface area contributed by atoms with Gasteiger partial charge in [0.05, 0.1) is 15.9 Å². The Kier molecular flexibility index (Phi) is 6.41. The predicted octanol–water partition coefficient (Wildman–Crippen LogP) is 3.94. The Hall–Kier alpha value is -2.54. The average molecular weight is 359 g/mol. The summed E-state index contributed by atoms with van der Waals surface area (Å²) in [6, 6.07) is 14.1. The number of thioether (sulfide) groups is 1. The Bertz CT molecular complexity index is 732. The van der Waals surface area contributed by atoms with E-state index in [1.54, 1.807) is 17.1 Å². The molecule has 0 aromatic heterocycles. The van der Waals surface area contributed by atoms with Crippen molar-refractivity contribution in [1.82, 2.24) is 5.43 Å². The van der Waals surface area contributed by atoms with Gasteiger partial charge in [-0.25, -0.2) is 0 Å². The maximum atomic E-state index is 12.5. The van der Waals surface area contributed by atoms with E-state index >= 15 is 0 Å². The van der Waals surface area contributed by atoms with Crippen molar-refractivity contribution in [2.24, 2.45) is 0 Å². The monoisotopic (exact) mass is 359 g/mol. The molecule has 1 N–H and O–H groups in total. The van der Waals surface area contributed by atoms with Gasteiger partial charge in [0.25, 0.3) is 11.6 Å². The molecule has 1 atom stereocenters. The Morgan fingerprint density at radius 3 is 2.32 bits per heavy atom. The molecule has 0 heterocycles. The van der Waals surface area contributed by atoms with Crippen LogP contribution in [0.1, 0.15) is 19.4 Å². The van der Waals surface area contributed by atoms with E-state index in [1.807, 2.05) is 45.0 Å². The lowest BCUT2D eigenvalue weighted by molar-refractivity contribution is -0.384. The van der Waals surface area contributed by atoms with Crippen LogP contribution in [0.5, 0.6) is 0 Å². The molecule has 25 heavy (non-hydrogen) atoms. The van der Waals surface area contributed by atoms with E-state index in [9.17, 15) is 14.9 Å². The van der Waals surface area contributed by atoms with Gasteiger partial charge in [0.1, 0.15) is 0 Å². The zero-order chi connectivity index (χ0) is 18.4. The highest BCUT2D eigenvalue weighted by Gasteiger charge is 2.17. The maximum absolute atomic E-state index is 12.5. The summed E-state index contributed by atoms with van der Waals surface area (Å²) in [5.74, 6) is -0.120. The summed E-state index contributed by atoms with van der Waals surface area (Å²) in [6.07, 6.45) is 0. The SMILES string of the molecule is CCN(NC(=O)[C@@H](C)Sc1ccc([N+](=O)[O-])cc1)c1ccc(C)cc1. The molecule has 6 nitrogen and oxygen atoms in total. The number of nitrogens with zero attached hydrogens (tertiary/aromatic N) is 2. The number of nitro benzene ring substituents is 1. The van der Waals surface area contributed by atoms with Crippen molar-refractivity contribution in [3.05, 3.63) is 64.2 Å². The van der Waals surface area contributed by atoms with Gasteiger partial charge in [-0.2, -0.15) is 0 Å². The van der Waals surface area contributed by atoms with Gasteiger partial charge >= 0.3 is 0 Å². The Morgan fingerprint density at radius 2 is 1.80 bits per heavy atom. The number of amides is 1. The van der Waals surface area contributed by atoms with Crippen LogP contribution >= 0.6 is 11.8 Å². The first kappa shape index (κ1) is 18.8. The Morgan fingerprint density at radius 1 is 1.20 bits per heavy atom. The third kappa shape index (κ3) is 5.22. The van der Waals surface area contributed by atoms with Crippen LogP contribution < -0.4 is 10.4 Å². The molecule has 7 heteroatoms. The van der Waals surface area contributed by atoms with Crippen molar-refractivity contribution < 1.29 is 9.72 Å². The molecule has 2 aromatic carbocycles. The van der Waals surface area contributed by atoms with Crippen LogP contribution in [0.4, 0.5) is 11.4 Å². The van der Waals surface area contributed by atoms with Gasteiger partial charge in [0.15, 0.2) is 0 Å². The number of hydrogen-bond donors (Lipinski definition) is 1. The average Bonchev–Trinajstić information content (AvgIpc) is 2.60. The number of non-ortho nitro benzene ring substituents is 1. The van der Waals surface area contributed by atoms with Gasteiger partial charge in [0.2, 0.25) is 0 Å². The molecule has 0 aliphatic rings. The standard InChI is InChI=1S/C18H21N3O3S/c1-4-20(15-7-5-13(2)6-8-15)19-18(22)14(3)25-17-11-9-16(10-12-17)21(23)24/h5-12,14H,4H2,1-3H3,(H,19,22)/t14-/m1/s1. The fraction of sp³-hybridized carbons (Fsp3) is 0.278. The lowest BCUT2D eigenvalue weighted by Crippen LogP contribution is -2.45. The molecular weight excluding hydrogens is 338 g/mol. The van der Waals surface area contributed by atoms with Crippen molar-refractivity contribution in [3.63, 3.8) is 0 Å². The first-order valence-electron chi connectivity index (χ1n) is 7.96. The largest absolute Gasteiger partial charge is 0.286 e. The third-order valence-corrected chi connectivity index (χ3v) is 4.75. The Labute approximate surface area is 151 Å². The van der Waals surface area contributed by atoms with Gasteiger partial charge < -0.3 is 0 Å². The fourth-order valence-electron chi connectivity index (χ4n) is 2.18. The summed E-state index contributed by atoms with van der Waals surface area (Å²) in [5, 5.41) is 12.1. The van der Waals surface area contributed by atoms with Crippen molar-refractivity contribution >= 4 is 29.0 Å². The number of aryl methyl sites for hydroxylation is 1. The molecule has 0 spiro atoms. The highest BCUT2D eigenvalue weighted by atomic mass is 32.2. The minimum atomic E-state index is -0.439. The lowest BCUT2D eigenvalue weighted by Gasteiger charge is -2.25. The minimum Gasteiger partial charge on any atom is -0.286 e. The van der Waals surface area contributed by atoms with Gasteiger partial charge in [-0.15, -0.1) is 11.8 Å². The minimum absolute atomic E-state index is 0.0398. The van der Waals surface area contributed by atoms with Crippen molar-refractivity contribution in [2.75, 3.05) is 11.6 Å². The molecule has 132 valence electrons. The lowest BCUT2D eigenvalue weighted by atomic mass is 10.2. The van der Waals surface area contributed by atoms with Crippen molar-refractivity contribution in [3.8, 4) is 0 Å². The zero-order valence-corrected chi connectivity index (χ0v) is 15.2. The highest BCUT2D eigenvalue weighted by Crippen LogP contribution is 2.25. The smallest absolute Gasteiger partial charge is 0.269 e. The number of carbonyl (C=O) groups is 1. The molecule has 0 saturated heterocycles. The second kappa shape index (κ2) is 8.53. The van der Waals surface area contributed by atoms with E-state index in [4.69, 9.17) is 0 Å². The van der Waals surface area contributed by atoms with E-state index in [0.717, 1.165) is 16.1 Å². The fourth-order valence-corrected chi connectivity index (χ4v) is 3.04. The summed E-state index contributed by atoms with van der Waals surface area (Å²) in [6.45, 7) is 6.43. The number of hydrogen-bond acceptors (Lipinski definition) is 5. The first-order valence-corrected chi connectivity index (χ1v) is 8.84. The summed E-state index contributed by atoms with van der Waals surface area (Å²) in [5.41, 5.74) is 5.04. The molecule has 0 radical (unpaired) electrons. The molecule has 0 bridgehead atoms. The van der Waals surface area contributed by atoms with Gasteiger partial charge in [-0.05, 0) is 45.0 Å².